The van der Waals surface area contributed by atoms with Crippen LogP contribution in [0.4, 0.5) is 9.18 Å². The lowest BCUT2D eigenvalue weighted by Crippen LogP contribution is -2.44. The number of amides is 2. The molecule has 2 saturated heterocycles. The minimum Gasteiger partial charge on any atom is -0.489 e. The van der Waals surface area contributed by atoms with Gasteiger partial charge in [-0.05, 0) is 48.7 Å². The van der Waals surface area contributed by atoms with Crippen LogP contribution >= 0.6 is 11.6 Å². The average molecular weight is 502 g/mol. The molecule has 35 heavy (non-hydrogen) atoms. The predicted molar refractivity (Wildman–Crippen MR) is 132 cm³/mol. The summed E-state index contributed by atoms with van der Waals surface area (Å²) in [6.07, 6.45) is 5.58. The number of piperidine rings is 1. The topological polar surface area (TPSA) is 82.1 Å². The number of rotatable bonds is 7. The molecule has 0 radical (unpaired) electrons. The van der Waals surface area contributed by atoms with E-state index in [-0.39, 0.29) is 23.1 Å². The van der Waals surface area contributed by atoms with Gasteiger partial charge in [-0.15, -0.1) is 0 Å². The molecule has 1 atom stereocenters. The van der Waals surface area contributed by atoms with Crippen molar-refractivity contribution in [1.29, 1.82) is 0 Å². The smallest absolute Gasteiger partial charge is 0.407 e. The Balaban J connectivity index is 1.17. The third-order valence-corrected chi connectivity index (χ3v) is 6.67. The van der Waals surface area contributed by atoms with Gasteiger partial charge in [0, 0.05) is 44.2 Å². The number of benzene rings is 2. The lowest BCUT2D eigenvalue weighted by atomic mass is 10.0. The Hall–Kier alpha value is -3.10. The molecule has 2 aromatic rings. The van der Waals surface area contributed by atoms with Gasteiger partial charge in [-0.25, -0.2) is 9.18 Å². The number of nitrogens with one attached hydrogen (secondary N) is 1. The molecule has 7 nitrogen and oxygen atoms in total. The van der Waals surface area contributed by atoms with Crippen molar-refractivity contribution in [3.8, 4) is 5.75 Å². The lowest BCUT2D eigenvalue weighted by molar-refractivity contribution is 0.0914. The normalized spacial score (nSPS) is 19.3. The maximum Gasteiger partial charge on any atom is 0.407 e. The molecule has 4 rings (SSSR count). The highest BCUT2D eigenvalue weighted by molar-refractivity contribution is 6.31. The van der Waals surface area contributed by atoms with Crippen LogP contribution in [0.15, 0.2) is 48.5 Å². The lowest BCUT2D eigenvalue weighted by Gasteiger charge is -2.31. The number of carbonyl (C=O) groups excluding carboxylic acids is 1. The Bertz CT molecular complexity index is 1070. The van der Waals surface area contributed by atoms with E-state index in [1.807, 2.05) is 24.3 Å². The van der Waals surface area contributed by atoms with Crippen LogP contribution < -0.4 is 10.1 Å². The van der Waals surface area contributed by atoms with Gasteiger partial charge in [-0.2, -0.15) is 0 Å². The molecule has 186 valence electrons. The first-order valence-corrected chi connectivity index (χ1v) is 12.1. The zero-order valence-corrected chi connectivity index (χ0v) is 20.1. The highest BCUT2D eigenvalue weighted by Gasteiger charge is 2.27. The van der Waals surface area contributed by atoms with Crippen molar-refractivity contribution in [1.82, 2.24) is 15.1 Å². The largest absolute Gasteiger partial charge is 0.489 e. The van der Waals surface area contributed by atoms with Crippen molar-refractivity contribution < 1.29 is 23.8 Å². The number of ether oxygens (including phenoxy) is 1. The fraction of sp³-hybridized carbons (Fsp3) is 0.385. The quantitative estimate of drug-likeness (QED) is 0.583. The molecule has 2 aliphatic rings. The molecule has 2 N–H and O–H groups in total. The molecule has 2 fully saturated rings. The summed E-state index contributed by atoms with van der Waals surface area (Å²) >= 11 is 5.77. The Kier molecular flexibility index (Phi) is 8.25. The number of hydrogen-bond acceptors (Lipinski definition) is 4. The molecule has 0 aliphatic carbocycles. The molecular formula is C26H29ClFN3O4. The van der Waals surface area contributed by atoms with Crippen molar-refractivity contribution in [2.45, 2.75) is 31.4 Å². The first-order chi connectivity index (χ1) is 16.9. The summed E-state index contributed by atoms with van der Waals surface area (Å²) in [5, 5.41) is 12.0. The summed E-state index contributed by atoms with van der Waals surface area (Å²) in [6.45, 7) is 3.48. The Labute approximate surface area is 209 Å². The molecular weight excluding hydrogens is 473 g/mol. The minimum atomic E-state index is -0.902. The highest BCUT2D eigenvalue weighted by atomic mass is 35.5. The summed E-state index contributed by atoms with van der Waals surface area (Å²) < 4.78 is 19.2. The second-order valence-electron chi connectivity index (χ2n) is 8.91. The minimum absolute atomic E-state index is 0.0534. The van der Waals surface area contributed by atoms with E-state index in [2.05, 4.69) is 22.4 Å². The monoisotopic (exact) mass is 501 g/mol. The van der Waals surface area contributed by atoms with Crippen molar-refractivity contribution in [3.05, 3.63) is 70.5 Å². The molecule has 2 heterocycles. The van der Waals surface area contributed by atoms with Gasteiger partial charge in [0.05, 0.1) is 11.6 Å². The van der Waals surface area contributed by atoms with Crippen LogP contribution in [-0.4, -0.2) is 71.8 Å². The fourth-order valence-corrected chi connectivity index (χ4v) is 4.53. The van der Waals surface area contributed by atoms with E-state index in [1.165, 1.54) is 23.1 Å². The maximum absolute atomic E-state index is 13.3. The zero-order valence-electron chi connectivity index (χ0n) is 19.3. The molecule has 0 bridgehead atoms. The second kappa shape index (κ2) is 11.6. The van der Waals surface area contributed by atoms with Crippen molar-refractivity contribution >= 4 is 29.7 Å². The van der Waals surface area contributed by atoms with E-state index in [4.69, 9.17) is 21.4 Å². The van der Waals surface area contributed by atoms with E-state index in [0.717, 1.165) is 43.8 Å². The fourth-order valence-electron chi connectivity index (χ4n) is 4.35. The summed E-state index contributed by atoms with van der Waals surface area (Å²) in [5.41, 5.74) is 1.43. The summed E-state index contributed by atoms with van der Waals surface area (Å²) in [7, 11) is 0. The second-order valence-corrected chi connectivity index (χ2v) is 9.31. The van der Waals surface area contributed by atoms with Crippen LogP contribution in [0.1, 0.15) is 35.2 Å². The highest BCUT2D eigenvalue weighted by Crippen LogP contribution is 2.20. The number of likely N-dealkylation sites (tertiary alicyclic amines) is 2. The third kappa shape index (κ3) is 6.96. The molecule has 0 spiro atoms. The molecule has 2 aliphatic heterocycles. The van der Waals surface area contributed by atoms with E-state index in [0.29, 0.717) is 25.1 Å². The van der Waals surface area contributed by atoms with Crippen molar-refractivity contribution in [2.24, 2.45) is 0 Å². The molecule has 0 unspecified atom stereocenters. The van der Waals surface area contributed by atoms with Gasteiger partial charge in [-0.3, -0.25) is 9.69 Å². The standard InChI is InChI=1S/C26H29ClFN3O4/c27-23-16-19(5-8-24(23)28)25(32)29-20-9-13-30(14-10-20)12-1-2-18-3-6-21(7-4-18)35-22-11-15-31(17-22)26(33)34/h1-8,16,20,22H,9-15,17H2,(H,29,32)(H,33,34)/b2-1+/t22-/m0/s1. The molecule has 0 aromatic heterocycles. The van der Waals surface area contributed by atoms with Crippen LogP contribution in [-0.2, 0) is 0 Å². The number of halogens is 2. The van der Waals surface area contributed by atoms with Gasteiger partial charge < -0.3 is 20.1 Å². The molecule has 2 aromatic carbocycles. The Morgan fingerprint density at radius 3 is 2.51 bits per heavy atom. The number of carboxylic acid groups (broad SMARTS) is 1. The van der Waals surface area contributed by atoms with Crippen LogP contribution in [0.5, 0.6) is 5.75 Å². The van der Waals surface area contributed by atoms with Crippen LogP contribution in [0.25, 0.3) is 6.08 Å². The summed E-state index contributed by atoms with van der Waals surface area (Å²) in [6, 6.07) is 11.9. The van der Waals surface area contributed by atoms with E-state index < -0.39 is 11.9 Å². The van der Waals surface area contributed by atoms with E-state index in [1.54, 1.807) is 0 Å². The maximum atomic E-state index is 13.3. The van der Waals surface area contributed by atoms with Gasteiger partial charge in [0.15, 0.2) is 0 Å². The van der Waals surface area contributed by atoms with Gasteiger partial charge in [0.2, 0.25) is 0 Å². The van der Waals surface area contributed by atoms with Crippen LogP contribution in [0.3, 0.4) is 0 Å². The van der Waals surface area contributed by atoms with Gasteiger partial charge in [0.1, 0.15) is 17.7 Å². The Morgan fingerprint density at radius 1 is 1.11 bits per heavy atom. The first-order valence-electron chi connectivity index (χ1n) is 11.8. The van der Waals surface area contributed by atoms with E-state index in [9.17, 15) is 14.0 Å². The molecule has 0 saturated carbocycles. The Morgan fingerprint density at radius 2 is 1.86 bits per heavy atom. The van der Waals surface area contributed by atoms with Crippen molar-refractivity contribution in [2.75, 3.05) is 32.7 Å². The van der Waals surface area contributed by atoms with Gasteiger partial charge in [0.25, 0.3) is 5.91 Å². The van der Waals surface area contributed by atoms with E-state index >= 15 is 0 Å². The summed E-state index contributed by atoms with van der Waals surface area (Å²) in [5.74, 6) is -0.0248. The number of nitrogens with zero attached hydrogens (tertiary/aromatic N) is 2. The zero-order chi connectivity index (χ0) is 24.8. The third-order valence-electron chi connectivity index (χ3n) is 6.38. The number of hydrogen-bond donors (Lipinski definition) is 2. The van der Waals surface area contributed by atoms with Crippen LogP contribution in [0, 0.1) is 5.82 Å². The van der Waals surface area contributed by atoms with Gasteiger partial charge >= 0.3 is 6.09 Å². The number of carbonyl (C=O) groups is 2. The van der Waals surface area contributed by atoms with Gasteiger partial charge in [-0.1, -0.05) is 35.9 Å². The summed E-state index contributed by atoms with van der Waals surface area (Å²) in [4.78, 5) is 27.1. The average Bonchev–Trinajstić information content (AvgIpc) is 3.32. The van der Waals surface area contributed by atoms with Crippen LogP contribution in [0.2, 0.25) is 5.02 Å². The first kappa shape index (κ1) is 25.0. The van der Waals surface area contributed by atoms with Crippen molar-refractivity contribution in [3.63, 3.8) is 0 Å². The predicted octanol–water partition coefficient (Wildman–Crippen LogP) is 4.52. The SMILES string of the molecule is O=C(NC1CCN(C/C=C/c2ccc(O[C@H]3CCN(C(=O)O)C3)cc2)CC1)c1ccc(F)c(Cl)c1. The molecule has 2 amide bonds. The molecule has 9 heteroatoms.